The zero-order valence-electron chi connectivity index (χ0n) is 10.2. The Morgan fingerprint density at radius 3 is 2.95 bits per heavy atom. The zero-order chi connectivity index (χ0) is 13.7. The van der Waals surface area contributed by atoms with Gasteiger partial charge in [0.2, 0.25) is 0 Å². The minimum Gasteiger partial charge on any atom is -0.484 e. The number of carbonyl (C=O) groups excluding carboxylic acids is 1. The van der Waals surface area contributed by atoms with Crippen molar-refractivity contribution in [2.75, 3.05) is 19.7 Å². The van der Waals surface area contributed by atoms with E-state index in [1.165, 1.54) is 0 Å². The van der Waals surface area contributed by atoms with Gasteiger partial charge in [0.25, 0.3) is 5.91 Å². The van der Waals surface area contributed by atoms with Crippen LogP contribution in [0.5, 0.6) is 5.75 Å². The van der Waals surface area contributed by atoms with Crippen LogP contribution >= 0.6 is 23.2 Å². The molecule has 104 valence electrons. The number of amides is 1. The monoisotopic (exact) mass is 303 g/mol. The van der Waals surface area contributed by atoms with E-state index in [1.54, 1.807) is 18.2 Å². The molecule has 2 rings (SSSR count). The number of rotatable bonds is 5. The number of halogens is 2. The van der Waals surface area contributed by atoms with E-state index in [-0.39, 0.29) is 18.6 Å². The Morgan fingerprint density at radius 2 is 2.26 bits per heavy atom. The van der Waals surface area contributed by atoms with Crippen LogP contribution < -0.4 is 20.9 Å². The summed E-state index contributed by atoms with van der Waals surface area (Å²) >= 11 is 11.6. The van der Waals surface area contributed by atoms with Crippen molar-refractivity contribution in [1.82, 2.24) is 16.2 Å². The first-order valence-corrected chi connectivity index (χ1v) is 6.73. The highest BCUT2D eigenvalue weighted by Gasteiger charge is 2.14. The predicted octanol–water partition coefficient (Wildman–Crippen LogP) is 1.35. The molecule has 0 bridgehead atoms. The van der Waals surface area contributed by atoms with E-state index in [9.17, 15) is 4.79 Å². The Hall–Kier alpha value is -1.01. The summed E-state index contributed by atoms with van der Waals surface area (Å²) in [4.78, 5) is 11.6. The van der Waals surface area contributed by atoms with E-state index in [1.807, 2.05) is 0 Å². The Morgan fingerprint density at radius 1 is 1.42 bits per heavy atom. The third-order valence-corrected chi connectivity index (χ3v) is 3.47. The smallest absolute Gasteiger partial charge is 0.257 e. The molecule has 0 radical (unpaired) electrons. The topological polar surface area (TPSA) is 62.4 Å². The lowest BCUT2D eigenvalue weighted by atomic mass is 10.2. The van der Waals surface area contributed by atoms with E-state index < -0.39 is 0 Å². The van der Waals surface area contributed by atoms with Crippen molar-refractivity contribution in [3.8, 4) is 5.75 Å². The average molecular weight is 304 g/mol. The summed E-state index contributed by atoms with van der Waals surface area (Å²) < 4.78 is 5.33. The van der Waals surface area contributed by atoms with Crippen molar-refractivity contribution in [2.45, 2.75) is 12.5 Å². The summed E-state index contributed by atoms with van der Waals surface area (Å²) in [5.74, 6) is 0.352. The fourth-order valence-electron chi connectivity index (χ4n) is 1.69. The largest absolute Gasteiger partial charge is 0.484 e. The molecule has 0 aliphatic carbocycles. The van der Waals surface area contributed by atoms with Crippen LogP contribution in [0.15, 0.2) is 18.2 Å². The number of nitrogens with one attached hydrogen (secondary N) is 3. The summed E-state index contributed by atoms with van der Waals surface area (Å²) in [5.41, 5.74) is 6.07. The summed E-state index contributed by atoms with van der Waals surface area (Å²) in [7, 11) is 0. The van der Waals surface area contributed by atoms with Crippen molar-refractivity contribution < 1.29 is 9.53 Å². The maximum atomic E-state index is 11.6. The van der Waals surface area contributed by atoms with Crippen LogP contribution in [0.2, 0.25) is 10.0 Å². The molecule has 1 fully saturated rings. The number of benzene rings is 1. The summed E-state index contributed by atoms with van der Waals surface area (Å²) in [6.45, 7) is 1.45. The second kappa shape index (κ2) is 6.96. The Balaban J connectivity index is 1.71. The van der Waals surface area contributed by atoms with Crippen molar-refractivity contribution in [2.24, 2.45) is 0 Å². The fraction of sp³-hybridized carbons (Fsp3) is 0.417. The van der Waals surface area contributed by atoms with Gasteiger partial charge in [0.15, 0.2) is 6.61 Å². The van der Waals surface area contributed by atoms with Gasteiger partial charge in [-0.1, -0.05) is 23.2 Å². The SMILES string of the molecule is O=C(COc1ccc(Cl)c(Cl)c1)NCC1CCNN1. The van der Waals surface area contributed by atoms with Gasteiger partial charge in [0, 0.05) is 25.2 Å². The number of hydrazine groups is 1. The molecular formula is C12H15Cl2N3O2. The van der Waals surface area contributed by atoms with Gasteiger partial charge in [0.05, 0.1) is 10.0 Å². The highest BCUT2D eigenvalue weighted by Crippen LogP contribution is 2.26. The fourth-order valence-corrected chi connectivity index (χ4v) is 1.98. The molecule has 0 spiro atoms. The number of carbonyl (C=O) groups is 1. The Labute approximate surface area is 121 Å². The number of ether oxygens (including phenoxy) is 1. The first-order chi connectivity index (χ1) is 9.15. The van der Waals surface area contributed by atoms with Gasteiger partial charge < -0.3 is 10.1 Å². The first-order valence-electron chi connectivity index (χ1n) is 5.98. The van der Waals surface area contributed by atoms with Gasteiger partial charge in [-0.25, -0.2) is 0 Å². The number of hydrogen-bond acceptors (Lipinski definition) is 4. The molecule has 5 nitrogen and oxygen atoms in total. The van der Waals surface area contributed by atoms with Crippen molar-refractivity contribution in [3.05, 3.63) is 28.2 Å². The van der Waals surface area contributed by atoms with Crippen molar-refractivity contribution >= 4 is 29.1 Å². The second-order valence-corrected chi connectivity index (χ2v) is 5.04. The summed E-state index contributed by atoms with van der Waals surface area (Å²) in [6.07, 6.45) is 0.994. The quantitative estimate of drug-likeness (QED) is 0.768. The van der Waals surface area contributed by atoms with Crippen LogP contribution in [-0.2, 0) is 4.79 Å². The highest BCUT2D eigenvalue weighted by molar-refractivity contribution is 6.42. The molecule has 1 atom stereocenters. The van der Waals surface area contributed by atoms with Crippen LogP contribution in [0, 0.1) is 0 Å². The molecule has 0 aromatic heterocycles. The van der Waals surface area contributed by atoms with Gasteiger partial charge in [-0.3, -0.25) is 15.6 Å². The van der Waals surface area contributed by atoms with Gasteiger partial charge in [0.1, 0.15) is 5.75 Å². The van der Waals surface area contributed by atoms with Gasteiger partial charge >= 0.3 is 0 Å². The van der Waals surface area contributed by atoms with E-state index in [4.69, 9.17) is 27.9 Å². The highest BCUT2D eigenvalue weighted by atomic mass is 35.5. The lowest BCUT2D eigenvalue weighted by molar-refractivity contribution is -0.123. The lowest BCUT2D eigenvalue weighted by Crippen LogP contribution is -2.41. The number of hydrogen-bond donors (Lipinski definition) is 3. The molecule has 0 saturated carbocycles. The van der Waals surface area contributed by atoms with E-state index >= 15 is 0 Å². The summed E-state index contributed by atoms with van der Waals surface area (Å²) in [6, 6.07) is 5.16. The first kappa shape index (κ1) is 14.4. The Bertz CT molecular complexity index is 451. The zero-order valence-corrected chi connectivity index (χ0v) is 11.7. The van der Waals surface area contributed by atoms with Crippen molar-refractivity contribution in [1.29, 1.82) is 0 Å². The molecule has 1 amide bonds. The predicted molar refractivity (Wildman–Crippen MR) is 74.5 cm³/mol. The minimum atomic E-state index is -0.167. The van der Waals surface area contributed by atoms with E-state index in [2.05, 4.69) is 16.2 Å². The van der Waals surface area contributed by atoms with Crippen LogP contribution in [0.4, 0.5) is 0 Å². The van der Waals surface area contributed by atoms with Crippen LogP contribution in [0.1, 0.15) is 6.42 Å². The second-order valence-electron chi connectivity index (χ2n) is 4.23. The molecule has 7 heteroatoms. The molecule has 1 aromatic rings. The maximum absolute atomic E-state index is 11.6. The molecule has 1 saturated heterocycles. The molecule has 1 aromatic carbocycles. The summed E-state index contributed by atoms with van der Waals surface area (Å²) in [5, 5.41) is 3.66. The minimum absolute atomic E-state index is 0.0435. The molecule has 1 aliphatic rings. The maximum Gasteiger partial charge on any atom is 0.257 e. The Kier molecular flexibility index (Phi) is 5.27. The standard InChI is InChI=1S/C12H15Cl2N3O2/c13-10-2-1-9(5-11(10)14)19-7-12(18)15-6-8-3-4-16-17-8/h1-2,5,8,16-17H,3-4,6-7H2,(H,15,18). The van der Waals surface area contributed by atoms with Gasteiger partial charge in [-0.2, -0.15) is 0 Å². The van der Waals surface area contributed by atoms with Crippen LogP contribution in [0.25, 0.3) is 0 Å². The molecule has 19 heavy (non-hydrogen) atoms. The van der Waals surface area contributed by atoms with Crippen molar-refractivity contribution in [3.63, 3.8) is 0 Å². The normalized spacial score (nSPS) is 18.3. The molecule has 1 heterocycles. The average Bonchev–Trinajstić information content (AvgIpc) is 2.91. The molecule has 1 aliphatic heterocycles. The molecular weight excluding hydrogens is 289 g/mol. The third-order valence-electron chi connectivity index (χ3n) is 2.73. The molecule has 1 unspecified atom stereocenters. The van der Waals surface area contributed by atoms with Gasteiger partial charge in [-0.05, 0) is 18.6 Å². The third kappa shape index (κ3) is 4.54. The van der Waals surface area contributed by atoms with E-state index in [0.717, 1.165) is 13.0 Å². The molecule has 3 N–H and O–H groups in total. The lowest BCUT2D eigenvalue weighted by Gasteiger charge is -2.11. The van der Waals surface area contributed by atoms with Gasteiger partial charge in [-0.15, -0.1) is 0 Å². The van der Waals surface area contributed by atoms with E-state index in [0.29, 0.717) is 22.3 Å². The van der Waals surface area contributed by atoms with Crippen LogP contribution in [0.3, 0.4) is 0 Å². The van der Waals surface area contributed by atoms with Crippen LogP contribution in [-0.4, -0.2) is 31.6 Å².